The van der Waals surface area contributed by atoms with E-state index >= 15 is 0 Å². The standard InChI is InChI=1S/C24H24N2O4S/c27-24(25-22-12-6-7-13-23(22)30-20-10-4-5-11-20)18-14-16-21(17-15-18)31(28,29)26-19-8-2-1-3-9-19/h1-3,6-9,12-17,20,26H,4-5,10-11H2,(H,25,27). The van der Waals surface area contributed by atoms with Gasteiger partial charge in [0.15, 0.2) is 0 Å². The van der Waals surface area contributed by atoms with Crippen LogP contribution in [0.25, 0.3) is 0 Å². The number of anilines is 2. The van der Waals surface area contributed by atoms with Crippen molar-refractivity contribution in [2.45, 2.75) is 36.7 Å². The van der Waals surface area contributed by atoms with Gasteiger partial charge in [-0.25, -0.2) is 8.42 Å². The van der Waals surface area contributed by atoms with Crippen molar-refractivity contribution in [3.05, 3.63) is 84.4 Å². The number of hydrogen-bond donors (Lipinski definition) is 2. The molecule has 1 saturated carbocycles. The second-order valence-corrected chi connectivity index (χ2v) is 9.15. The molecule has 0 heterocycles. The topological polar surface area (TPSA) is 84.5 Å². The van der Waals surface area contributed by atoms with Crippen molar-refractivity contribution in [1.29, 1.82) is 0 Å². The summed E-state index contributed by atoms with van der Waals surface area (Å²) in [6.45, 7) is 0. The minimum atomic E-state index is -3.74. The molecule has 0 aliphatic heterocycles. The fourth-order valence-corrected chi connectivity index (χ4v) is 4.62. The van der Waals surface area contributed by atoms with Gasteiger partial charge in [0.2, 0.25) is 0 Å². The minimum absolute atomic E-state index is 0.0814. The highest BCUT2D eigenvalue weighted by Gasteiger charge is 2.19. The molecule has 0 aromatic heterocycles. The number of para-hydroxylation sites is 3. The summed E-state index contributed by atoms with van der Waals surface area (Å²) in [5, 5.41) is 2.87. The van der Waals surface area contributed by atoms with Crippen LogP contribution < -0.4 is 14.8 Å². The van der Waals surface area contributed by atoms with Crippen LogP contribution in [0.2, 0.25) is 0 Å². The third kappa shape index (κ3) is 5.24. The molecule has 0 unspecified atom stereocenters. The summed E-state index contributed by atoms with van der Waals surface area (Å²) >= 11 is 0. The van der Waals surface area contributed by atoms with E-state index in [4.69, 9.17) is 4.74 Å². The molecule has 31 heavy (non-hydrogen) atoms. The van der Waals surface area contributed by atoms with Crippen molar-refractivity contribution < 1.29 is 17.9 Å². The van der Waals surface area contributed by atoms with E-state index in [9.17, 15) is 13.2 Å². The molecule has 160 valence electrons. The van der Waals surface area contributed by atoms with E-state index < -0.39 is 10.0 Å². The maximum Gasteiger partial charge on any atom is 0.261 e. The molecule has 4 rings (SSSR count). The van der Waals surface area contributed by atoms with Crippen LogP contribution in [-0.2, 0) is 10.0 Å². The summed E-state index contributed by atoms with van der Waals surface area (Å²) < 4.78 is 33.7. The van der Waals surface area contributed by atoms with E-state index in [0.717, 1.165) is 25.7 Å². The fourth-order valence-electron chi connectivity index (χ4n) is 3.56. The Labute approximate surface area is 182 Å². The van der Waals surface area contributed by atoms with Crippen molar-refractivity contribution >= 4 is 27.3 Å². The van der Waals surface area contributed by atoms with E-state index in [2.05, 4.69) is 10.0 Å². The van der Waals surface area contributed by atoms with Crippen molar-refractivity contribution in [2.24, 2.45) is 0 Å². The molecule has 0 bridgehead atoms. The number of hydrogen-bond acceptors (Lipinski definition) is 4. The number of sulfonamides is 1. The Kier molecular flexibility index (Phi) is 6.23. The Morgan fingerprint density at radius 1 is 0.839 bits per heavy atom. The van der Waals surface area contributed by atoms with E-state index in [-0.39, 0.29) is 16.9 Å². The van der Waals surface area contributed by atoms with Gasteiger partial charge in [-0.3, -0.25) is 9.52 Å². The lowest BCUT2D eigenvalue weighted by atomic mass is 10.2. The molecule has 0 radical (unpaired) electrons. The molecular weight excluding hydrogens is 412 g/mol. The van der Waals surface area contributed by atoms with Crippen LogP contribution in [0.4, 0.5) is 11.4 Å². The smallest absolute Gasteiger partial charge is 0.261 e. The Balaban J connectivity index is 1.45. The number of nitrogens with one attached hydrogen (secondary N) is 2. The quantitative estimate of drug-likeness (QED) is 0.542. The van der Waals surface area contributed by atoms with E-state index in [1.54, 1.807) is 30.3 Å². The highest BCUT2D eigenvalue weighted by atomic mass is 32.2. The Morgan fingerprint density at radius 3 is 2.19 bits per heavy atom. The van der Waals surface area contributed by atoms with Gasteiger partial charge in [-0.2, -0.15) is 0 Å². The van der Waals surface area contributed by atoms with E-state index in [1.165, 1.54) is 24.3 Å². The zero-order chi connectivity index (χ0) is 21.7. The molecule has 1 fully saturated rings. The molecule has 1 aliphatic carbocycles. The first-order valence-corrected chi connectivity index (χ1v) is 11.7. The molecule has 1 amide bonds. The molecular formula is C24H24N2O4S. The van der Waals surface area contributed by atoms with Crippen molar-refractivity contribution in [3.63, 3.8) is 0 Å². The fraction of sp³-hybridized carbons (Fsp3) is 0.208. The van der Waals surface area contributed by atoms with Crippen LogP contribution in [0.5, 0.6) is 5.75 Å². The van der Waals surface area contributed by atoms with Crippen LogP contribution in [-0.4, -0.2) is 20.4 Å². The van der Waals surface area contributed by atoms with Gasteiger partial charge in [0.05, 0.1) is 16.7 Å². The summed E-state index contributed by atoms with van der Waals surface area (Å²) in [5.74, 6) is 0.316. The van der Waals surface area contributed by atoms with Gasteiger partial charge in [0.25, 0.3) is 15.9 Å². The summed E-state index contributed by atoms with van der Waals surface area (Å²) in [6.07, 6.45) is 4.55. The SMILES string of the molecule is O=C(Nc1ccccc1OC1CCCC1)c1ccc(S(=O)(=O)Nc2ccccc2)cc1. The molecule has 0 atom stereocenters. The molecule has 0 spiro atoms. The largest absolute Gasteiger partial charge is 0.488 e. The zero-order valence-electron chi connectivity index (χ0n) is 17.0. The first kappa shape index (κ1) is 20.9. The highest BCUT2D eigenvalue weighted by molar-refractivity contribution is 7.92. The van der Waals surface area contributed by atoms with Gasteiger partial charge >= 0.3 is 0 Å². The molecule has 0 saturated heterocycles. The lowest BCUT2D eigenvalue weighted by molar-refractivity contribution is 0.102. The van der Waals surface area contributed by atoms with Gasteiger partial charge in [-0.15, -0.1) is 0 Å². The molecule has 3 aromatic rings. The average molecular weight is 437 g/mol. The third-order valence-corrected chi connectivity index (χ3v) is 6.58. The predicted molar refractivity (Wildman–Crippen MR) is 121 cm³/mol. The maximum absolute atomic E-state index is 12.7. The Bertz CT molecular complexity index is 1140. The maximum atomic E-state index is 12.7. The van der Waals surface area contributed by atoms with Gasteiger partial charge < -0.3 is 10.1 Å². The van der Waals surface area contributed by atoms with E-state index in [1.807, 2.05) is 24.3 Å². The molecule has 6 nitrogen and oxygen atoms in total. The number of carbonyl (C=O) groups is 1. The van der Waals surface area contributed by atoms with Crippen molar-refractivity contribution in [1.82, 2.24) is 0 Å². The summed E-state index contributed by atoms with van der Waals surface area (Å²) in [6, 6.07) is 21.8. The van der Waals surface area contributed by atoms with Crippen LogP contribution in [0.15, 0.2) is 83.8 Å². The second-order valence-electron chi connectivity index (χ2n) is 7.47. The Morgan fingerprint density at radius 2 is 1.48 bits per heavy atom. The van der Waals surface area contributed by atoms with E-state index in [0.29, 0.717) is 22.7 Å². The molecule has 1 aliphatic rings. The number of benzene rings is 3. The van der Waals surface area contributed by atoms with Gasteiger partial charge in [-0.1, -0.05) is 30.3 Å². The first-order valence-electron chi connectivity index (χ1n) is 10.3. The molecule has 7 heteroatoms. The van der Waals surface area contributed by atoms with Crippen LogP contribution in [0.3, 0.4) is 0 Å². The lowest BCUT2D eigenvalue weighted by Crippen LogP contribution is -2.16. The number of amides is 1. The lowest BCUT2D eigenvalue weighted by Gasteiger charge is -2.17. The number of ether oxygens (including phenoxy) is 1. The molecule has 3 aromatic carbocycles. The van der Waals surface area contributed by atoms with Crippen LogP contribution >= 0.6 is 0 Å². The second kappa shape index (κ2) is 9.22. The summed E-state index contributed by atoms with van der Waals surface area (Å²) in [4.78, 5) is 12.8. The monoisotopic (exact) mass is 436 g/mol. The summed E-state index contributed by atoms with van der Waals surface area (Å²) in [7, 11) is -3.74. The highest BCUT2D eigenvalue weighted by Crippen LogP contribution is 2.30. The predicted octanol–water partition coefficient (Wildman–Crippen LogP) is 5.06. The van der Waals surface area contributed by atoms with Gasteiger partial charge in [0.1, 0.15) is 5.75 Å². The van der Waals surface area contributed by atoms with Gasteiger partial charge in [0, 0.05) is 11.3 Å². The number of carbonyl (C=O) groups excluding carboxylic acids is 1. The van der Waals surface area contributed by atoms with Crippen LogP contribution in [0, 0.1) is 0 Å². The van der Waals surface area contributed by atoms with Crippen molar-refractivity contribution in [2.75, 3.05) is 10.0 Å². The first-order chi connectivity index (χ1) is 15.0. The zero-order valence-corrected chi connectivity index (χ0v) is 17.8. The van der Waals surface area contributed by atoms with Gasteiger partial charge in [-0.05, 0) is 74.2 Å². The number of rotatable bonds is 7. The van der Waals surface area contributed by atoms with Crippen LogP contribution in [0.1, 0.15) is 36.0 Å². The van der Waals surface area contributed by atoms with Crippen molar-refractivity contribution in [3.8, 4) is 5.75 Å². The summed E-state index contributed by atoms with van der Waals surface area (Å²) in [5.41, 5.74) is 1.43. The minimum Gasteiger partial charge on any atom is -0.488 e. The normalized spacial score (nSPS) is 14.2. The molecule has 2 N–H and O–H groups in total. The Hall–Kier alpha value is -3.32. The third-order valence-electron chi connectivity index (χ3n) is 5.18. The average Bonchev–Trinajstić information content (AvgIpc) is 3.29.